The lowest BCUT2D eigenvalue weighted by Crippen LogP contribution is -2.35. The van der Waals surface area contributed by atoms with Crippen molar-refractivity contribution in [1.82, 2.24) is 0 Å². The number of aliphatic hydroxyl groups is 1. The van der Waals surface area contributed by atoms with Crippen molar-refractivity contribution in [3.05, 3.63) is 48.0 Å². The quantitative estimate of drug-likeness (QED) is 0.838. The highest BCUT2D eigenvalue weighted by molar-refractivity contribution is 5.94. The number of benzene rings is 2. The lowest BCUT2D eigenvalue weighted by Gasteiger charge is -2.36. The number of aliphatic hydroxyl groups excluding tert-OH is 1. The summed E-state index contributed by atoms with van der Waals surface area (Å²) in [5.74, 6) is 1.08. The molecule has 2 aromatic rings. The zero-order valence-corrected chi connectivity index (χ0v) is 16.0. The molecule has 0 fully saturated rings. The number of carbonyl (C=O) groups excluding carboxylic acids is 1. The predicted molar refractivity (Wildman–Crippen MR) is 102 cm³/mol. The first-order chi connectivity index (χ1) is 12.8. The van der Waals surface area contributed by atoms with Crippen molar-refractivity contribution in [3.63, 3.8) is 0 Å². The Labute approximate surface area is 159 Å². The van der Waals surface area contributed by atoms with Gasteiger partial charge in [0.15, 0.2) is 17.6 Å². The van der Waals surface area contributed by atoms with Gasteiger partial charge < -0.3 is 24.6 Å². The van der Waals surface area contributed by atoms with Crippen LogP contribution in [0, 0.1) is 0 Å². The van der Waals surface area contributed by atoms with E-state index in [0.717, 1.165) is 0 Å². The van der Waals surface area contributed by atoms with Gasteiger partial charge in [-0.05, 0) is 39.0 Å². The number of para-hydroxylation sites is 1. The lowest BCUT2D eigenvalue weighted by atomic mass is 9.91. The molecule has 0 bridgehead atoms. The Kier molecular flexibility index (Phi) is 5.28. The molecule has 6 heteroatoms. The summed E-state index contributed by atoms with van der Waals surface area (Å²) in [6, 6.07) is 12.6. The van der Waals surface area contributed by atoms with Gasteiger partial charge in [-0.1, -0.05) is 18.2 Å². The third kappa shape index (κ3) is 4.34. The molecule has 0 saturated carbocycles. The maximum absolute atomic E-state index is 12.4. The maximum Gasteiger partial charge on any atom is 0.265 e. The van der Waals surface area contributed by atoms with E-state index in [9.17, 15) is 9.90 Å². The average molecular weight is 371 g/mol. The highest BCUT2D eigenvalue weighted by Gasteiger charge is 2.34. The second kappa shape index (κ2) is 7.48. The molecule has 6 nitrogen and oxygen atoms in total. The standard InChI is InChI=1S/C21H25NO5/c1-13(20(24)22-14-8-6-5-7-9-14)26-19-11-17-15(10-18(19)25-4)16(23)12-21(2,3)27-17/h5-11,13,16,23H,12H2,1-4H3,(H,22,24). The maximum atomic E-state index is 12.4. The van der Waals surface area contributed by atoms with E-state index in [1.807, 2.05) is 32.0 Å². The van der Waals surface area contributed by atoms with Crippen molar-refractivity contribution in [2.45, 2.75) is 45.0 Å². The fraction of sp³-hybridized carbons (Fsp3) is 0.381. The second-order valence-corrected chi connectivity index (χ2v) is 7.24. The summed E-state index contributed by atoms with van der Waals surface area (Å²) >= 11 is 0. The van der Waals surface area contributed by atoms with Crippen molar-refractivity contribution in [1.29, 1.82) is 0 Å². The van der Waals surface area contributed by atoms with Gasteiger partial charge >= 0.3 is 0 Å². The fourth-order valence-electron chi connectivity index (χ4n) is 3.08. The molecular formula is C21H25NO5. The van der Waals surface area contributed by atoms with E-state index in [1.54, 1.807) is 31.2 Å². The first-order valence-electron chi connectivity index (χ1n) is 8.90. The molecule has 1 aliphatic rings. The Morgan fingerprint density at radius 3 is 2.63 bits per heavy atom. The molecule has 2 unspecified atom stereocenters. The van der Waals surface area contributed by atoms with Crippen molar-refractivity contribution >= 4 is 11.6 Å². The minimum atomic E-state index is -0.751. The van der Waals surface area contributed by atoms with Gasteiger partial charge in [0.25, 0.3) is 5.91 Å². The third-order valence-corrected chi connectivity index (χ3v) is 4.44. The Bertz CT molecular complexity index is 819. The summed E-state index contributed by atoms with van der Waals surface area (Å²) in [5.41, 5.74) is 0.859. The zero-order valence-electron chi connectivity index (χ0n) is 16.0. The zero-order chi connectivity index (χ0) is 19.6. The van der Waals surface area contributed by atoms with Crippen molar-refractivity contribution in [2.75, 3.05) is 12.4 Å². The fourth-order valence-corrected chi connectivity index (χ4v) is 3.08. The number of hydrogen-bond acceptors (Lipinski definition) is 5. The van der Waals surface area contributed by atoms with Gasteiger partial charge in [0.2, 0.25) is 0 Å². The van der Waals surface area contributed by atoms with Crippen LogP contribution in [-0.4, -0.2) is 29.8 Å². The average Bonchev–Trinajstić information content (AvgIpc) is 2.61. The molecule has 0 radical (unpaired) electrons. The molecule has 27 heavy (non-hydrogen) atoms. The largest absolute Gasteiger partial charge is 0.493 e. The van der Waals surface area contributed by atoms with Crippen LogP contribution in [0.2, 0.25) is 0 Å². The number of methoxy groups -OCH3 is 1. The van der Waals surface area contributed by atoms with Crippen LogP contribution in [0.4, 0.5) is 5.69 Å². The van der Waals surface area contributed by atoms with Crippen molar-refractivity contribution in [2.24, 2.45) is 0 Å². The number of anilines is 1. The van der Waals surface area contributed by atoms with Crippen LogP contribution in [0.1, 0.15) is 38.9 Å². The van der Waals surface area contributed by atoms with Gasteiger partial charge in [-0.15, -0.1) is 0 Å². The van der Waals surface area contributed by atoms with Crippen LogP contribution in [-0.2, 0) is 4.79 Å². The molecule has 0 aliphatic carbocycles. The highest BCUT2D eigenvalue weighted by Crippen LogP contribution is 2.45. The number of rotatable bonds is 5. The van der Waals surface area contributed by atoms with E-state index in [4.69, 9.17) is 14.2 Å². The van der Waals surface area contributed by atoms with Crippen LogP contribution in [0.25, 0.3) is 0 Å². The lowest BCUT2D eigenvalue weighted by molar-refractivity contribution is -0.122. The number of amides is 1. The molecule has 1 amide bonds. The van der Waals surface area contributed by atoms with Crippen molar-refractivity contribution in [3.8, 4) is 17.2 Å². The molecular weight excluding hydrogens is 346 g/mol. The Morgan fingerprint density at radius 1 is 1.26 bits per heavy atom. The molecule has 1 heterocycles. The minimum absolute atomic E-state index is 0.276. The predicted octanol–water partition coefficient (Wildman–Crippen LogP) is 3.70. The summed E-state index contributed by atoms with van der Waals surface area (Å²) in [5, 5.41) is 13.2. The smallest absolute Gasteiger partial charge is 0.265 e. The summed E-state index contributed by atoms with van der Waals surface area (Å²) in [7, 11) is 1.52. The molecule has 2 atom stereocenters. The first-order valence-corrected chi connectivity index (χ1v) is 8.90. The first kappa shape index (κ1) is 19.0. The van der Waals surface area contributed by atoms with E-state index in [1.165, 1.54) is 7.11 Å². The molecule has 0 spiro atoms. The molecule has 3 rings (SSSR count). The molecule has 144 valence electrons. The van der Waals surface area contributed by atoms with E-state index in [0.29, 0.717) is 34.9 Å². The summed E-state index contributed by atoms with van der Waals surface area (Å²) in [6.07, 6.45) is -0.914. The monoisotopic (exact) mass is 371 g/mol. The van der Waals surface area contributed by atoms with Crippen LogP contribution in [0.15, 0.2) is 42.5 Å². The van der Waals surface area contributed by atoms with Gasteiger partial charge in [-0.25, -0.2) is 0 Å². The molecule has 2 N–H and O–H groups in total. The number of carbonyl (C=O) groups is 1. The summed E-state index contributed by atoms with van der Waals surface area (Å²) in [4.78, 5) is 12.4. The van der Waals surface area contributed by atoms with Gasteiger partial charge in [-0.3, -0.25) is 4.79 Å². The Morgan fingerprint density at radius 2 is 1.96 bits per heavy atom. The SMILES string of the molecule is COc1cc2c(cc1OC(C)C(=O)Nc1ccccc1)OC(C)(C)CC2O. The number of hydrogen-bond donors (Lipinski definition) is 2. The number of ether oxygens (including phenoxy) is 3. The van der Waals surface area contributed by atoms with E-state index in [2.05, 4.69) is 5.32 Å². The molecule has 2 aromatic carbocycles. The summed E-state index contributed by atoms with van der Waals surface area (Å²) in [6.45, 7) is 5.50. The van der Waals surface area contributed by atoms with Crippen LogP contribution in [0.5, 0.6) is 17.2 Å². The molecule has 0 aromatic heterocycles. The third-order valence-electron chi connectivity index (χ3n) is 4.44. The Balaban J connectivity index is 1.80. The topological polar surface area (TPSA) is 77.0 Å². The highest BCUT2D eigenvalue weighted by atomic mass is 16.5. The normalized spacial score (nSPS) is 18.6. The van der Waals surface area contributed by atoms with Crippen LogP contribution >= 0.6 is 0 Å². The van der Waals surface area contributed by atoms with E-state index < -0.39 is 17.8 Å². The van der Waals surface area contributed by atoms with Gasteiger partial charge in [0, 0.05) is 23.7 Å². The van der Waals surface area contributed by atoms with E-state index in [-0.39, 0.29) is 5.91 Å². The molecule has 0 saturated heterocycles. The van der Waals surface area contributed by atoms with E-state index >= 15 is 0 Å². The number of fused-ring (bicyclic) bond motifs is 1. The van der Waals surface area contributed by atoms with Crippen LogP contribution < -0.4 is 19.5 Å². The minimum Gasteiger partial charge on any atom is -0.493 e. The summed E-state index contributed by atoms with van der Waals surface area (Å²) < 4.78 is 17.2. The molecule has 1 aliphatic heterocycles. The Hall–Kier alpha value is -2.73. The second-order valence-electron chi connectivity index (χ2n) is 7.24. The number of nitrogens with one attached hydrogen (secondary N) is 1. The van der Waals surface area contributed by atoms with Gasteiger partial charge in [0.05, 0.1) is 13.2 Å². The van der Waals surface area contributed by atoms with Gasteiger partial charge in [0.1, 0.15) is 11.4 Å². The van der Waals surface area contributed by atoms with Crippen molar-refractivity contribution < 1.29 is 24.1 Å². The van der Waals surface area contributed by atoms with Gasteiger partial charge in [-0.2, -0.15) is 0 Å². The van der Waals surface area contributed by atoms with Crippen LogP contribution in [0.3, 0.4) is 0 Å².